The summed E-state index contributed by atoms with van der Waals surface area (Å²) in [6.45, 7) is -0.0391. The fraction of sp³-hybridized carbons (Fsp3) is 0.0667. The summed E-state index contributed by atoms with van der Waals surface area (Å²) in [5.74, 6) is -0.266. The van der Waals surface area contributed by atoms with Crippen LogP contribution in [0.1, 0.15) is 15.9 Å². The van der Waals surface area contributed by atoms with Crippen molar-refractivity contribution in [2.75, 3.05) is 10.6 Å². The molecule has 108 valence electrons. The van der Waals surface area contributed by atoms with Crippen molar-refractivity contribution in [2.24, 2.45) is 5.73 Å². The van der Waals surface area contributed by atoms with Crippen LogP contribution in [-0.4, -0.2) is 17.0 Å². The van der Waals surface area contributed by atoms with Crippen LogP contribution in [0.4, 0.5) is 16.2 Å². The van der Waals surface area contributed by atoms with Gasteiger partial charge in [-0.25, -0.2) is 4.79 Å². The van der Waals surface area contributed by atoms with Crippen molar-refractivity contribution >= 4 is 23.3 Å². The van der Waals surface area contributed by atoms with E-state index in [0.29, 0.717) is 16.9 Å². The molecule has 0 atom stereocenters. The number of amides is 3. The number of nitrogens with one attached hydrogen (secondary N) is 2. The molecule has 0 aliphatic carbocycles. The van der Waals surface area contributed by atoms with E-state index in [1.165, 1.54) is 0 Å². The van der Waals surface area contributed by atoms with E-state index >= 15 is 0 Å². The maximum atomic E-state index is 12.0. The van der Waals surface area contributed by atoms with Gasteiger partial charge < -0.3 is 21.5 Å². The highest BCUT2D eigenvalue weighted by atomic mass is 16.3. The second-order valence-corrected chi connectivity index (χ2v) is 4.38. The van der Waals surface area contributed by atoms with Crippen molar-refractivity contribution < 1.29 is 14.7 Å². The summed E-state index contributed by atoms with van der Waals surface area (Å²) < 4.78 is 0. The zero-order valence-electron chi connectivity index (χ0n) is 11.2. The van der Waals surface area contributed by atoms with Gasteiger partial charge >= 0.3 is 6.03 Å². The first-order valence-electron chi connectivity index (χ1n) is 6.26. The highest BCUT2D eigenvalue weighted by Crippen LogP contribution is 2.13. The summed E-state index contributed by atoms with van der Waals surface area (Å²) in [4.78, 5) is 22.7. The van der Waals surface area contributed by atoms with Crippen LogP contribution < -0.4 is 16.4 Å². The van der Waals surface area contributed by atoms with Gasteiger partial charge in [0.15, 0.2) is 0 Å². The van der Waals surface area contributed by atoms with E-state index in [0.717, 1.165) is 5.56 Å². The molecular weight excluding hydrogens is 270 g/mol. The Balaban J connectivity index is 2.03. The molecule has 2 aromatic rings. The lowest BCUT2D eigenvalue weighted by molar-refractivity contribution is 0.102. The van der Waals surface area contributed by atoms with Crippen molar-refractivity contribution in [1.29, 1.82) is 0 Å². The van der Waals surface area contributed by atoms with Gasteiger partial charge in [0.2, 0.25) is 0 Å². The van der Waals surface area contributed by atoms with Crippen LogP contribution in [0.3, 0.4) is 0 Å². The number of rotatable bonds is 4. The smallest absolute Gasteiger partial charge is 0.316 e. The van der Waals surface area contributed by atoms with Crippen LogP contribution in [-0.2, 0) is 6.61 Å². The Morgan fingerprint density at radius 1 is 0.905 bits per heavy atom. The van der Waals surface area contributed by atoms with Crippen LogP contribution >= 0.6 is 0 Å². The van der Waals surface area contributed by atoms with Crippen LogP contribution in [0.15, 0.2) is 48.5 Å². The molecule has 0 aromatic heterocycles. The number of nitrogens with two attached hydrogens (primary N) is 1. The number of anilines is 2. The summed E-state index contributed by atoms with van der Waals surface area (Å²) >= 11 is 0. The van der Waals surface area contributed by atoms with Crippen molar-refractivity contribution in [3.8, 4) is 0 Å². The summed E-state index contributed by atoms with van der Waals surface area (Å²) in [6.07, 6.45) is 0. The molecule has 0 unspecified atom stereocenters. The molecule has 0 heterocycles. The van der Waals surface area contributed by atoms with Gasteiger partial charge in [-0.3, -0.25) is 4.79 Å². The van der Waals surface area contributed by atoms with Gasteiger partial charge in [-0.15, -0.1) is 0 Å². The fourth-order valence-corrected chi connectivity index (χ4v) is 1.74. The van der Waals surface area contributed by atoms with Crippen molar-refractivity contribution in [2.45, 2.75) is 6.61 Å². The van der Waals surface area contributed by atoms with E-state index in [2.05, 4.69) is 10.6 Å². The normalized spacial score (nSPS) is 9.95. The Bertz CT molecular complexity index is 636. The maximum absolute atomic E-state index is 12.0. The van der Waals surface area contributed by atoms with Crippen molar-refractivity contribution in [1.82, 2.24) is 0 Å². The minimum Gasteiger partial charge on any atom is -0.392 e. The third-order valence-electron chi connectivity index (χ3n) is 2.81. The third-order valence-corrected chi connectivity index (χ3v) is 2.81. The lowest BCUT2D eigenvalue weighted by Crippen LogP contribution is -2.19. The number of carbonyl (C=O) groups excluding carboxylic acids is 2. The molecule has 0 radical (unpaired) electrons. The predicted molar refractivity (Wildman–Crippen MR) is 80.0 cm³/mol. The second-order valence-electron chi connectivity index (χ2n) is 4.38. The lowest BCUT2D eigenvalue weighted by atomic mass is 10.1. The zero-order valence-corrected chi connectivity index (χ0v) is 11.2. The van der Waals surface area contributed by atoms with Gasteiger partial charge in [0.1, 0.15) is 0 Å². The Kier molecular flexibility index (Phi) is 4.53. The Hall–Kier alpha value is -2.86. The molecule has 21 heavy (non-hydrogen) atoms. The fourth-order valence-electron chi connectivity index (χ4n) is 1.74. The van der Waals surface area contributed by atoms with Gasteiger partial charge in [-0.2, -0.15) is 0 Å². The Morgan fingerprint density at radius 2 is 1.43 bits per heavy atom. The number of aliphatic hydroxyl groups excluding tert-OH is 1. The SMILES string of the molecule is NC(=O)Nc1ccc(C(=O)Nc2ccc(CO)cc2)cc1. The summed E-state index contributed by atoms with van der Waals surface area (Å²) in [5.41, 5.74) is 7.38. The van der Waals surface area contributed by atoms with Crippen molar-refractivity contribution in [3.05, 3.63) is 59.7 Å². The Labute approximate surface area is 121 Å². The molecular formula is C15H15N3O3. The summed E-state index contributed by atoms with van der Waals surface area (Å²) in [7, 11) is 0. The van der Waals surface area contributed by atoms with Gasteiger partial charge in [0.25, 0.3) is 5.91 Å². The van der Waals surface area contributed by atoms with Crippen LogP contribution in [0.2, 0.25) is 0 Å². The summed E-state index contributed by atoms with van der Waals surface area (Å²) in [6, 6.07) is 12.6. The zero-order chi connectivity index (χ0) is 15.2. The number of carbonyl (C=O) groups is 2. The molecule has 6 nitrogen and oxygen atoms in total. The highest BCUT2D eigenvalue weighted by molar-refractivity contribution is 6.04. The second kappa shape index (κ2) is 6.53. The molecule has 0 aliphatic heterocycles. The molecule has 3 amide bonds. The molecule has 0 aliphatic rings. The van der Waals surface area contributed by atoms with Gasteiger partial charge in [-0.05, 0) is 42.0 Å². The van der Waals surface area contributed by atoms with E-state index in [-0.39, 0.29) is 12.5 Å². The predicted octanol–water partition coefficient (Wildman–Crippen LogP) is 1.92. The standard InChI is InChI=1S/C15H15N3O3/c16-15(21)18-13-7-3-11(4-8-13)14(20)17-12-5-1-10(9-19)2-6-12/h1-8,19H,9H2,(H,17,20)(H3,16,18,21). The van der Waals surface area contributed by atoms with Gasteiger partial charge in [-0.1, -0.05) is 12.1 Å². The molecule has 2 aromatic carbocycles. The molecule has 5 N–H and O–H groups in total. The number of urea groups is 1. The first-order chi connectivity index (χ1) is 10.1. The van der Waals surface area contributed by atoms with Gasteiger partial charge in [0.05, 0.1) is 6.61 Å². The average Bonchev–Trinajstić information content (AvgIpc) is 2.48. The maximum Gasteiger partial charge on any atom is 0.316 e. The van der Waals surface area contributed by atoms with Crippen LogP contribution in [0.25, 0.3) is 0 Å². The number of primary amides is 1. The van der Waals surface area contributed by atoms with Gasteiger partial charge in [0, 0.05) is 16.9 Å². The van der Waals surface area contributed by atoms with Crippen LogP contribution in [0, 0.1) is 0 Å². The molecule has 2 rings (SSSR count). The Morgan fingerprint density at radius 3 is 1.95 bits per heavy atom. The topological polar surface area (TPSA) is 104 Å². The largest absolute Gasteiger partial charge is 0.392 e. The first-order valence-corrected chi connectivity index (χ1v) is 6.26. The molecule has 0 bridgehead atoms. The van der Waals surface area contributed by atoms with Crippen molar-refractivity contribution in [3.63, 3.8) is 0 Å². The third kappa shape index (κ3) is 4.05. The summed E-state index contributed by atoms with van der Waals surface area (Å²) in [5, 5.41) is 14.1. The molecule has 0 saturated carbocycles. The quantitative estimate of drug-likeness (QED) is 0.689. The lowest BCUT2D eigenvalue weighted by Gasteiger charge is -2.07. The molecule has 6 heteroatoms. The monoisotopic (exact) mass is 285 g/mol. The van der Waals surface area contributed by atoms with E-state index in [9.17, 15) is 9.59 Å². The minimum atomic E-state index is -0.656. The van der Waals surface area contributed by atoms with E-state index in [4.69, 9.17) is 10.8 Å². The highest BCUT2D eigenvalue weighted by Gasteiger charge is 2.06. The number of hydrogen-bond acceptors (Lipinski definition) is 3. The number of aliphatic hydroxyl groups is 1. The average molecular weight is 285 g/mol. The molecule has 0 fully saturated rings. The minimum absolute atomic E-state index is 0.0391. The first kappa shape index (κ1) is 14.5. The van der Waals surface area contributed by atoms with Crippen LogP contribution in [0.5, 0.6) is 0 Å². The van der Waals surface area contributed by atoms with E-state index in [1.807, 2.05) is 0 Å². The van der Waals surface area contributed by atoms with E-state index < -0.39 is 6.03 Å². The molecule has 0 spiro atoms. The number of benzene rings is 2. The number of hydrogen-bond donors (Lipinski definition) is 4. The van der Waals surface area contributed by atoms with E-state index in [1.54, 1.807) is 48.5 Å². The molecule has 0 saturated heterocycles.